The first-order chi connectivity index (χ1) is 14.7. The largest absolute Gasteiger partial charge is 0.416 e. The maximum atomic E-state index is 13.3. The summed E-state index contributed by atoms with van der Waals surface area (Å²) in [7, 11) is -3.64. The number of hydrogen-bond donors (Lipinski definition) is 1. The van der Waals surface area contributed by atoms with E-state index < -0.39 is 39.5 Å². The molecule has 1 saturated heterocycles. The van der Waals surface area contributed by atoms with Gasteiger partial charge in [0.15, 0.2) is 0 Å². The lowest BCUT2D eigenvalue weighted by molar-refractivity contribution is -0.138. The van der Waals surface area contributed by atoms with E-state index in [2.05, 4.69) is 5.32 Å². The van der Waals surface area contributed by atoms with Crippen LogP contribution in [0.4, 0.5) is 18.9 Å². The van der Waals surface area contributed by atoms with Gasteiger partial charge in [-0.25, -0.2) is 8.42 Å². The van der Waals surface area contributed by atoms with Gasteiger partial charge in [0, 0.05) is 24.7 Å². The Kier molecular flexibility index (Phi) is 5.83. The van der Waals surface area contributed by atoms with Crippen LogP contribution in [0, 0.1) is 5.92 Å². The topological polar surface area (TPSA) is 66.5 Å². The van der Waals surface area contributed by atoms with Crippen LogP contribution in [0.2, 0.25) is 0 Å². The number of sulfonamides is 1. The van der Waals surface area contributed by atoms with Crippen molar-refractivity contribution >= 4 is 21.6 Å². The van der Waals surface area contributed by atoms with E-state index in [9.17, 15) is 26.4 Å². The molecule has 1 saturated carbocycles. The summed E-state index contributed by atoms with van der Waals surface area (Å²) in [6, 6.07) is 11.3. The van der Waals surface area contributed by atoms with Crippen molar-refractivity contribution in [2.75, 3.05) is 18.4 Å². The molecule has 2 atom stereocenters. The molecule has 0 aromatic heterocycles. The van der Waals surface area contributed by atoms with Crippen LogP contribution in [0.3, 0.4) is 0 Å². The highest BCUT2D eigenvalue weighted by Crippen LogP contribution is 2.51. The Hall–Kier alpha value is -2.39. The number of rotatable bonds is 5. The third-order valence-corrected chi connectivity index (χ3v) is 7.74. The fraction of sp³-hybridized carbons (Fsp3) is 0.409. The van der Waals surface area contributed by atoms with E-state index in [4.69, 9.17) is 0 Å². The zero-order chi connectivity index (χ0) is 22.2. The zero-order valence-corrected chi connectivity index (χ0v) is 17.5. The fourth-order valence-corrected chi connectivity index (χ4v) is 5.69. The Morgan fingerprint density at radius 3 is 2.42 bits per heavy atom. The highest BCUT2D eigenvalue weighted by Gasteiger charge is 2.47. The minimum atomic E-state index is -4.47. The Morgan fingerprint density at radius 2 is 1.71 bits per heavy atom. The van der Waals surface area contributed by atoms with E-state index in [-0.39, 0.29) is 10.5 Å². The van der Waals surface area contributed by atoms with E-state index in [1.54, 1.807) is 12.1 Å². The molecule has 0 bridgehead atoms. The lowest BCUT2D eigenvalue weighted by atomic mass is 10.0. The van der Waals surface area contributed by atoms with E-state index in [1.807, 2.05) is 0 Å². The molecule has 0 spiro atoms. The number of carbonyl (C=O) groups is 1. The van der Waals surface area contributed by atoms with Crippen LogP contribution in [-0.4, -0.2) is 31.7 Å². The molecule has 2 fully saturated rings. The van der Waals surface area contributed by atoms with Gasteiger partial charge in [-0.15, -0.1) is 0 Å². The maximum Gasteiger partial charge on any atom is 0.416 e. The predicted octanol–water partition coefficient (Wildman–Crippen LogP) is 4.62. The van der Waals surface area contributed by atoms with Gasteiger partial charge in [0.2, 0.25) is 15.9 Å². The van der Waals surface area contributed by atoms with Gasteiger partial charge in [-0.2, -0.15) is 17.5 Å². The normalized spacial score (nSPS) is 22.2. The van der Waals surface area contributed by atoms with Crippen molar-refractivity contribution in [2.45, 2.75) is 42.7 Å². The number of amides is 1. The van der Waals surface area contributed by atoms with E-state index in [0.29, 0.717) is 25.2 Å². The Labute approximate surface area is 179 Å². The summed E-state index contributed by atoms with van der Waals surface area (Å²) in [4.78, 5) is 12.7. The molecule has 5 nitrogen and oxygen atoms in total. The lowest BCUT2D eigenvalue weighted by Gasteiger charge is -2.26. The SMILES string of the molecule is O=C(Nc1cccc(S(=O)(=O)N2CCCCC2)c1)C1CC1c1ccccc1C(F)(F)F. The molecule has 1 heterocycles. The summed E-state index contributed by atoms with van der Waals surface area (Å²) in [6.45, 7) is 0.947. The third-order valence-electron chi connectivity index (χ3n) is 5.85. The van der Waals surface area contributed by atoms with Crippen LogP contribution >= 0.6 is 0 Å². The quantitative estimate of drug-likeness (QED) is 0.720. The Morgan fingerprint density at radius 1 is 1.00 bits per heavy atom. The number of benzene rings is 2. The van der Waals surface area contributed by atoms with Gasteiger partial charge in [0.05, 0.1) is 10.5 Å². The van der Waals surface area contributed by atoms with E-state index >= 15 is 0 Å². The molecular weight excluding hydrogens is 429 g/mol. The highest BCUT2D eigenvalue weighted by atomic mass is 32.2. The second kappa shape index (κ2) is 8.27. The number of piperidine rings is 1. The van der Waals surface area contributed by atoms with Crippen molar-refractivity contribution < 1.29 is 26.4 Å². The zero-order valence-electron chi connectivity index (χ0n) is 16.7. The average molecular weight is 452 g/mol. The molecule has 31 heavy (non-hydrogen) atoms. The molecule has 2 aromatic rings. The first-order valence-corrected chi connectivity index (χ1v) is 11.7. The van der Waals surface area contributed by atoms with Crippen molar-refractivity contribution in [3.8, 4) is 0 Å². The fourth-order valence-electron chi connectivity index (χ4n) is 4.13. The molecule has 1 N–H and O–H groups in total. The minimum Gasteiger partial charge on any atom is -0.326 e. The molecular formula is C22H23F3N2O3S. The standard InChI is InChI=1S/C22H23F3N2O3S/c23-22(24,25)20-10-3-2-9-17(20)18-14-19(18)21(28)26-15-7-6-8-16(13-15)31(29,30)27-11-4-1-5-12-27/h2-3,6-10,13,18-19H,1,4-5,11-12,14H2,(H,26,28). The van der Waals surface area contributed by atoms with Crippen molar-refractivity contribution in [1.82, 2.24) is 4.31 Å². The van der Waals surface area contributed by atoms with Crippen molar-refractivity contribution in [3.05, 3.63) is 59.7 Å². The first kappa shape index (κ1) is 21.8. The van der Waals surface area contributed by atoms with Gasteiger partial charge < -0.3 is 5.32 Å². The van der Waals surface area contributed by atoms with Crippen molar-refractivity contribution in [3.63, 3.8) is 0 Å². The molecule has 2 aliphatic rings. The molecule has 0 radical (unpaired) electrons. The van der Waals surface area contributed by atoms with Gasteiger partial charge in [0.1, 0.15) is 0 Å². The number of alkyl halides is 3. The summed E-state index contributed by atoms with van der Waals surface area (Å²) in [6.07, 6.45) is -1.51. The van der Waals surface area contributed by atoms with Gasteiger partial charge in [-0.05, 0) is 55.0 Å². The molecule has 4 rings (SSSR count). The number of nitrogens with one attached hydrogen (secondary N) is 1. The molecule has 1 amide bonds. The summed E-state index contributed by atoms with van der Waals surface area (Å²) in [5.41, 5.74) is -0.278. The monoisotopic (exact) mass is 452 g/mol. The van der Waals surface area contributed by atoms with Crippen LogP contribution in [0.5, 0.6) is 0 Å². The van der Waals surface area contributed by atoms with Crippen LogP contribution in [0.15, 0.2) is 53.4 Å². The molecule has 2 aromatic carbocycles. The third kappa shape index (κ3) is 4.62. The van der Waals surface area contributed by atoms with Crippen molar-refractivity contribution in [1.29, 1.82) is 0 Å². The number of anilines is 1. The van der Waals surface area contributed by atoms with Crippen LogP contribution in [0.25, 0.3) is 0 Å². The van der Waals surface area contributed by atoms with Crippen LogP contribution in [0.1, 0.15) is 42.7 Å². The molecule has 1 aliphatic carbocycles. The Bertz CT molecular complexity index is 1080. The molecule has 9 heteroatoms. The molecule has 1 aliphatic heterocycles. The van der Waals surface area contributed by atoms with Crippen LogP contribution < -0.4 is 5.32 Å². The molecule has 2 unspecified atom stereocenters. The minimum absolute atomic E-state index is 0.0990. The van der Waals surface area contributed by atoms with Gasteiger partial charge >= 0.3 is 6.18 Å². The smallest absolute Gasteiger partial charge is 0.326 e. The second-order valence-electron chi connectivity index (χ2n) is 8.02. The molecule has 166 valence electrons. The van der Waals surface area contributed by atoms with Crippen LogP contribution in [-0.2, 0) is 21.0 Å². The summed E-state index contributed by atoms with van der Waals surface area (Å²) in [5.74, 6) is -1.49. The summed E-state index contributed by atoms with van der Waals surface area (Å²) < 4.78 is 66.9. The number of hydrogen-bond acceptors (Lipinski definition) is 3. The predicted molar refractivity (Wildman–Crippen MR) is 110 cm³/mol. The number of halogens is 3. The highest BCUT2D eigenvalue weighted by molar-refractivity contribution is 7.89. The van der Waals surface area contributed by atoms with Gasteiger partial charge in [0.25, 0.3) is 0 Å². The average Bonchev–Trinajstić information content (AvgIpc) is 3.55. The second-order valence-corrected chi connectivity index (χ2v) is 9.95. The maximum absolute atomic E-state index is 13.3. The Balaban J connectivity index is 1.47. The first-order valence-electron chi connectivity index (χ1n) is 10.2. The van der Waals surface area contributed by atoms with E-state index in [0.717, 1.165) is 25.3 Å². The van der Waals surface area contributed by atoms with E-state index in [1.165, 1.54) is 34.6 Å². The van der Waals surface area contributed by atoms with Crippen molar-refractivity contribution in [2.24, 2.45) is 5.92 Å². The van der Waals surface area contributed by atoms with Gasteiger partial charge in [-0.3, -0.25) is 4.79 Å². The number of carbonyl (C=O) groups excluding carboxylic acids is 1. The van der Waals surface area contributed by atoms with Gasteiger partial charge in [-0.1, -0.05) is 30.7 Å². The summed E-state index contributed by atoms with van der Waals surface area (Å²) in [5, 5.41) is 2.67. The lowest BCUT2D eigenvalue weighted by Crippen LogP contribution is -2.35. The summed E-state index contributed by atoms with van der Waals surface area (Å²) >= 11 is 0. The number of nitrogens with zero attached hydrogens (tertiary/aromatic N) is 1.